The molecule has 1 aliphatic heterocycles. The van der Waals surface area contributed by atoms with Crippen molar-refractivity contribution in [2.75, 3.05) is 6.54 Å². The maximum Gasteiger partial charge on any atom is 0.303 e. The molecule has 38 heavy (non-hydrogen) atoms. The van der Waals surface area contributed by atoms with E-state index in [0.717, 1.165) is 48.7 Å². The van der Waals surface area contributed by atoms with Gasteiger partial charge in [-0.2, -0.15) is 0 Å². The Labute approximate surface area is 231 Å². The summed E-state index contributed by atoms with van der Waals surface area (Å²) < 4.78 is 6.13. The topological polar surface area (TPSA) is 67.4 Å². The van der Waals surface area contributed by atoms with E-state index in [1.54, 1.807) is 0 Å². The summed E-state index contributed by atoms with van der Waals surface area (Å²) in [6, 6.07) is 0.495. The van der Waals surface area contributed by atoms with Crippen LogP contribution in [0.1, 0.15) is 113 Å². The van der Waals surface area contributed by atoms with Gasteiger partial charge >= 0.3 is 5.97 Å². The number of rotatable bonds is 7. The first-order valence-corrected chi connectivity index (χ1v) is 15.6. The van der Waals surface area contributed by atoms with Gasteiger partial charge in [0.15, 0.2) is 0 Å². The van der Waals surface area contributed by atoms with Crippen molar-refractivity contribution in [3.8, 4) is 0 Å². The van der Waals surface area contributed by atoms with Crippen molar-refractivity contribution < 1.29 is 14.3 Å². The zero-order chi connectivity index (χ0) is 27.5. The zero-order valence-corrected chi connectivity index (χ0v) is 25.0. The van der Waals surface area contributed by atoms with Crippen LogP contribution in [-0.2, 0) is 14.3 Å². The summed E-state index contributed by atoms with van der Waals surface area (Å²) in [7, 11) is 0. The van der Waals surface area contributed by atoms with E-state index < -0.39 is 0 Å². The highest BCUT2D eigenvalue weighted by molar-refractivity contribution is 5.94. The van der Waals surface area contributed by atoms with E-state index in [1.807, 2.05) is 0 Å². The van der Waals surface area contributed by atoms with Crippen LogP contribution >= 0.6 is 0 Å². The second kappa shape index (κ2) is 10.1. The van der Waals surface area contributed by atoms with E-state index in [2.05, 4.69) is 58.3 Å². The molecule has 5 aliphatic rings. The number of amides is 1. The predicted molar refractivity (Wildman–Crippen MR) is 152 cm³/mol. The molecule has 1 amide bonds. The largest absolute Gasteiger partial charge is 0.458 e. The SMILES string of the molecule is CCCNC(=O)/C(CCC=C(C)C)=C1\C(OC(C)=O)CC2(C)C1C[C@H]1NC34CCC[C@@H](C)C3CC[C@@]2(C)C14. The first kappa shape index (κ1) is 27.9. The van der Waals surface area contributed by atoms with Crippen LogP contribution in [0.15, 0.2) is 22.8 Å². The van der Waals surface area contributed by atoms with Gasteiger partial charge in [0.1, 0.15) is 6.10 Å². The second-order valence-corrected chi connectivity index (χ2v) is 14.2. The van der Waals surface area contributed by atoms with E-state index in [0.29, 0.717) is 24.9 Å². The van der Waals surface area contributed by atoms with Gasteiger partial charge in [-0.05, 0) is 105 Å². The van der Waals surface area contributed by atoms with Crippen LogP contribution in [0.25, 0.3) is 0 Å². The molecule has 4 saturated carbocycles. The number of nitrogens with one attached hydrogen (secondary N) is 2. The van der Waals surface area contributed by atoms with Crippen LogP contribution in [0.3, 0.4) is 0 Å². The molecule has 1 spiro atoms. The minimum absolute atomic E-state index is 0.0111. The Hall–Kier alpha value is -1.62. The number of carbonyl (C=O) groups is 2. The van der Waals surface area contributed by atoms with Crippen molar-refractivity contribution in [3.05, 3.63) is 22.8 Å². The maximum absolute atomic E-state index is 13.7. The number of fused-ring (bicyclic) bond motifs is 2. The summed E-state index contributed by atoms with van der Waals surface area (Å²) in [5.41, 5.74) is 3.76. The van der Waals surface area contributed by atoms with Gasteiger partial charge in [-0.3, -0.25) is 9.59 Å². The van der Waals surface area contributed by atoms with Gasteiger partial charge in [-0.1, -0.05) is 52.2 Å². The molecule has 0 radical (unpaired) electrons. The molecule has 6 unspecified atom stereocenters. The van der Waals surface area contributed by atoms with E-state index in [4.69, 9.17) is 4.74 Å². The number of hydrogen-bond acceptors (Lipinski definition) is 4. The van der Waals surface area contributed by atoms with Crippen molar-refractivity contribution >= 4 is 11.9 Å². The maximum atomic E-state index is 13.7. The van der Waals surface area contributed by atoms with Crippen molar-refractivity contribution in [3.63, 3.8) is 0 Å². The molecule has 5 fully saturated rings. The van der Waals surface area contributed by atoms with Crippen molar-refractivity contribution in [1.82, 2.24) is 10.6 Å². The average molecular weight is 525 g/mol. The number of hydrogen-bond donors (Lipinski definition) is 2. The molecule has 0 aromatic rings. The Balaban J connectivity index is 1.58. The summed E-state index contributed by atoms with van der Waals surface area (Å²) in [5.74, 6) is 2.32. The van der Waals surface area contributed by atoms with Gasteiger partial charge in [0.2, 0.25) is 5.91 Å². The lowest BCUT2D eigenvalue weighted by Gasteiger charge is -2.77. The number of ether oxygens (including phenoxy) is 1. The van der Waals surface area contributed by atoms with Crippen LogP contribution in [0.2, 0.25) is 0 Å². The molecule has 212 valence electrons. The fraction of sp³-hybridized carbons (Fsp3) is 0.818. The highest BCUT2D eigenvalue weighted by atomic mass is 16.5. The first-order chi connectivity index (χ1) is 18.0. The Bertz CT molecular complexity index is 1030. The molecule has 0 bridgehead atoms. The minimum atomic E-state index is -0.301. The smallest absolute Gasteiger partial charge is 0.303 e. The van der Waals surface area contributed by atoms with Crippen LogP contribution in [-0.4, -0.2) is 36.1 Å². The Kier molecular flexibility index (Phi) is 7.42. The van der Waals surface area contributed by atoms with E-state index in [-0.39, 0.29) is 40.3 Å². The standard InChI is InChI=1S/C33H52N2O3/c1-8-17-34-30(37)23(13-9-11-20(2)3)28-25-18-26-29-31(6,32(25,7)19-27(28)38-22(5)36)16-14-24-21(4)12-10-15-33(24,29)35-26/h11,21,24-27,29,35H,8-10,12-19H2,1-7H3,(H,34,37)/b28-23-/t21-,24?,25?,26-,27?,29?,31+,32?,33?/m1/s1. The molecular weight excluding hydrogens is 472 g/mol. The monoisotopic (exact) mass is 524 g/mol. The summed E-state index contributed by atoms with van der Waals surface area (Å²) >= 11 is 0. The highest BCUT2D eigenvalue weighted by Crippen LogP contribution is 2.75. The lowest BCUT2D eigenvalue weighted by atomic mass is 9.34. The van der Waals surface area contributed by atoms with Crippen LogP contribution < -0.4 is 10.6 Å². The molecule has 0 aromatic heterocycles. The summed E-state index contributed by atoms with van der Waals surface area (Å²) in [6.45, 7) is 16.1. The third kappa shape index (κ3) is 4.12. The van der Waals surface area contributed by atoms with Crippen LogP contribution in [0.5, 0.6) is 0 Å². The molecule has 0 aromatic carbocycles. The average Bonchev–Trinajstić information content (AvgIpc) is 3.10. The van der Waals surface area contributed by atoms with Gasteiger partial charge in [-0.15, -0.1) is 0 Å². The first-order valence-electron chi connectivity index (χ1n) is 15.6. The zero-order valence-electron chi connectivity index (χ0n) is 25.0. The fourth-order valence-electron chi connectivity index (χ4n) is 10.4. The minimum Gasteiger partial charge on any atom is -0.458 e. The third-order valence-electron chi connectivity index (χ3n) is 12.0. The predicted octanol–water partition coefficient (Wildman–Crippen LogP) is 6.48. The molecule has 5 heteroatoms. The lowest BCUT2D eigenvalue weighted by Crippen LogP contribution is -2.84. The van der Waals surface area contributed by atoms with Crippen molar-refractivity contribution in [2.45, 2.75) is 130 Å². The molecule has 1 heterocycles. The Morgan fingerprint density at radius 3 is 2.58 bits per heavy atom. The van der Waals surface area contributed by atoms with E-state index in [1.165, 1.54) is 44.6 Å². The lowest BCUT2D eigenvalue weighted by molar-refractivity contribution is -0.234. The molecule has 1 saturated heterocycles. The normalized spacial score (nSPS) is 44.1. The molecule has 2 N–H and O–H groups in total. The van der Waals surface area contributed by atoms with Gasteiger partial charge in [0, 0.05) is 30.6 Å². The molecule has 5 nitrogen and oxygen atoms in total. The quantitative estimate of drug-likeness (QED) is 0.227. The summed E-state index contributed by atoms with van der Waals surface area (Å²) in [5, 5.41) is 7.39. The fourth-order valence-corrected chi connectivity index (χ4v) is 10.4. The van der Waals surface area contributed by atoms with E-state index >= 15 is 0 Å². The molecule has 5 rings (SSSR count). The number of esters is 1. The van der Waals surface area contributed by atoms with Gasteiger partial charge in [-0.25, -0.2) is 0 Å². The number of carbonyl (C=O) groups excluding carboxylic acids is 2. The second-order valence-electron chi connectivity index (χ2n) is 14.2. The Morgan fingerprint density at radius 1 is 1.13 bits per heavy atom. The van der Waals surface area contributed by atoms with Gasteiger partial charge in [0.05, 0.1) is 0 Å². The summed E-state index contributed by atoms with van der Waals surface area (Å²) in [6.07, 6.45) is 12.8. The highest BCUT2D eigenvalue weighted by Gasteiger charge is 2.75. The Morgan fingerprint density at radius 2 is 1.89 bits per heavy atom. The third-order valence-corrected chi connectivity index (χ3v) is 12.0. The van der Waals surface area contributed by atoms with Crippen LogP contribution in [0, 0.1) is 34.5 Å². The summed E-state index contributed by atoms with van der Waals surface area (Å²) in [4.78, 5) is 26.1. The van der Waals surface area contributed by atoms with Gasteiger partial charge in [0.25, 0.3) is 0 Å². The van der Waals surface area contributed by atoms with Crippen LogP contribution in [0.4, 0.5) is 0 Å². The van der Waals surface area contributed by atoms with Crippen molar-refractivity contribution in [1.29, 1.82) is 0 Å². The molecular formula is C33H52N2O3. The van der Waals surface area contributed by atoms with Gasteiger partial charge < -0.3 is 15.4 Å². The van der Waals surface area contributed by atoms with Crippen molar-refractivity contribution in [2.24, 2.45) is 34.5 Å². The number of allylic oxidation sites excluding steroid dienone is 2. The van der Waals surface area contributed by atoms with E-state index in [9.17, 15) is 9.59 Å². The molecule has 4 aliphatic carbocycles. The molecule has 9 atom stereocenters.